The van der Waals surface area contributed by atoms with Crippen molar-refractivity contribution in [1.29, 1.82) is 0 Å². The van der Waals surface area contributed by atoms with Crippen LogP contribution in [0.5, 0.6) is 11.5 Å². The van der Waals surface area contributed by atoms with Crippen LogP contribution in [0.3, 0.4) is 0 Å². The molecule has 0 heterocycles. The topological polar surface area (TPSA) is 18.5 Å². The summed E-state index contributed by atoms with van der Waals surface area (Å²) in [5, 5.41) is 0. The van der Waals surface area contributed by atoms with Crippen molar-refractivity contribution in [3.05, 3.63) is 66.2 Å². The molecule has 0 aliphatic heterocycles. The van der Waals surface area contributed by atoms with E-state index in [1.54, 1.807) is 14.2 Å². The Morgan fingerprint density at radius 1 is 0.864 bits per heavy atom. The largest absolute Gasteiger partial charge is 0.497 e. The van der Waals surface area contributed by atoms with Crippen LogP contribution in [0.4, 0.5) is 0 Å². The minimum absolute atomic E-state index is 0.0171. The van der Waals surface area contributed by atoms with Crippen molar-refractivity contribution in [2.45, 2.75) is 25.7 Å². The van der Waals surface area contributed by atoms with Crippen LogP contribution in [0, 0.1) is 0 Å². The second-order valence-corrected chi connectivity index (χ2v) is 6.12. The van der Waals surface area contributed by atoms with Gasteiger partial charge in [0.2, 0.25) is 0 Å². The monoisotopic (exact) mass is 296 g/mol. The predicted octanol–water partition coefficient (Wildman–Crippen LogP) is 5.08. The third kappa shape index (κ3) is 3.70. The minimum Gasteiger partial charge on any atom is -0.497 e. The lowest BCUT2D eigenvalue weighted by molar-refractivity contribution is 0.414. The summed E-state index contributed by atoms with van der Waals surface area (Å²) < 4.78 is 10.4. The van der Waals surface area contributed by atoms with Crippen molar-refractivity contribution in [2.75, 3.05) is 14.2 Å². The Balaban J connectivity index is 2.13. The maximum absolute atomic E-state index is 5.22. The summed E-state index contributed by atoms with van der Waals surface area (Å²) in [6.45, 7) is 8.74. The van der Waals surface area contributed by atoms with Crippen molar-refractivity contribution in [3.8, 4) is 11.5 Å². The first-order chi connectivity index (χ1) is 10.5. The molecular weight excluding hydrogens is 272 g/mol. The van der Waals surface area contributed by atoms with Gasteiger partial charge in [-0.25, -0.2) is 0 Å². The van der Waals surface area contributed by atoms with Crippen LogP contribution in [0.15, 0.2) is 55.1 Å². The highest BCUT2D eigenvalue weighted by Crippen LogP contribution is 2.34. The average Bonchev–Trinajstić information content (AvgIpc) is 2.54. The van der Waals surface area contributed by atoms with Crippen LogP contribution < -0.4 is 9.47 Å². The summed E-state index contributed by atoms with van der Waals surface area (Å²) >= 11 is 0. The van der Waals surface area contributed by atoms with Gasteiger partial charge in [0.05, 0.1) is 14.2 Å². The molecule has 0 bridgehead atoms. The Morgan fingerprint density at radius 3 is 1.77 bits per heavy atom. The lowest BCUT2D eigenvalue weighted by Crippen LogP contribution is -2.17. The fraction of sp³-hybridized carbons (Fsp3) is 0.300. The molecule has 0 amide bonds. The van der Waals surface area contributed by atoms with Gasteiger partial charge in [0, 0.05) is 0 Å². The minimum atomic E-state index is 0.0171. The van der Waals surface area contributed by atoms with Crippen LogP contribution in [-0.4, -0.2) is 14.2 Å². The van der Waals surface area contributed by atoms with Gasteiger partial charge >= 0.3 is 0 Å². The maximum atomic E-state index is 5.22. The highest BCUT2D eigenvalue weighted by atomic mass is 16.5. The summed E-state index contributed by atoms with van der Waals surface area (Å²) in [5.74, 6) is 1.75. The molecule has 0 unspecified atom stereocenters. The number of hydrogen-bond acceptors (Lipinski definition) is 2. The van der Waals surface area contributed by atoms with Gasteiger partial charge in [0.1, 0.15) is 11.5 Å². The Morgan fingerprint density at radius 2 is 1.32 bits per heavy atom. The molecule has 2 heteroatoms. The van der Waals surface area contributed by atoms with E-state index in [0.29, 0.717) is 0 Å². The van der Waals surface area contributed by atoms with Gasteiger partial charge in [-0.05, 0) is 52.8 Å². The van der Waals surface area contributed by atoms with Gasteiger partial charge < -0.3 is 9.47 Å². The molecule has 0 aromatic heterocycles. The number of methoxy groups -OCH3 is 2. The number of rotatable bonds is 6. The lowest BCUT2D eigenvalue weighted by atomic mass is 9.78. The Kier molecular flexibility index (Phi) is 4.92. The van der Waals surface area contributed by atoms with Crippen LogP contribution >= 0.6 is 0 Å². The van der Waals surface area contributed by atoms with Crippen LogP contribution in [0.25, 0.3) is 5.57 Å². The van der Waals surface area contributed by atoms with Crippen molar-refractivity contribution < 1.29 is 9.47 Å². The van der Waals surface area contributed by atoms with Crippen molar-refractivity contribution in [3.63, 3.8) is 0 Å². The molecule has 22 heavy (non-hydrogen) atoms. The van der Waals surface area contributed by atoms with E-state index < -0.39 is 0 Å². The zero-order valence-electron chi connectivity index (χ0n) is 13.8. The quantitative estimate of drug-likeness (QED) is 0.739. The van der Waals surface area contributed by atoms with Crippen molar-refractivity contribution in [2.24, 2.45) is 0 Å². The molecule has 0 aliphatic rings. The van der Waals surface area contributed by atoms with E-state index >= 15 is 0 Å². The molecule has 0 atom stereocenters. The van der Waals surface area contributed by atoms with Crippen LogP contribution in [0.2, 0.25) is 0 Å². The summed E-state index contributed by atoms with van der Waals surface area (Å²) in [4.78, 5) is 0. The highest BCUT2D eigenvalue weighted by Gasteiger charge is 2.22. The van der Waals surface area contributed by atoms with Crippen molar-refractivity contribution in [1.82, 2.24) is 0 Å². The Labute approximate surface area is 133 Å². The van der Waals surface area contributed by atoms with E-state index in [2.05, 4.69) is 44.7 Å². The second kappa shape index (κ2) is 6.69. The molecule has 2 aromatic rings. The van der Waals surface area contributed by atoms with Gasteiger partial charge in [-0.3, -0.25) is 0 Å². The van der Waals surface area contributed by atoms with Gasteiger partial charge in [0.15, 0.2) is 0 Å². The normalized spacial score (nSPS) is 11.1. The number of hydrogen-bond donors (Lipinski definition) is 0. The smallest absolute Gasteiger partial charge is 0.118 e. The van der Waals surface area contributed by atoms with Crippen LogP contribution in [-0.2, 0) is 5.41 Å². The van der Waals surface area contributed by atoms with Crippen LogP contribution in [0.1, 0.15) is 31.4 Å². The fourth-order valence-electron chi connectivity index (χ4n) is 2.61. The van der Waals surface area contributed by atoms with E-state index in [9.17, 15) is 0 Å². The molecule has 116 valence electrons. The van der Waals surface area contributed by atoms with E-state index in [1.165, 1.54) is 5.56 Å². The molecule has 2 nitrogen and oxygen atoms in total. The first-order valence-electron chi connectivity index (χ1n) is 7.43. The number of allylic oxidation sites excluding steroid dienone is 1. The molecule has 0 aliphatic carbocycles. The third-order valence-electron chi connectivity index (χ3n) is 4.03. The second-order valence-electron chi connectivity index (χ2n) is 6.12. The molecule has 0 spiro atoms. The van der Waals surface area contributed by atoms with E-state index in [1.807, 2.05) is 24.3 Å². The fourth-order valence-corrected chi connectivity index (χ4v) is 2.61. The van der Waals surface area contributed by atoms with Gasteiger partial charge in [-0.1, -0.05) is 44.7 Å². The third-order valence-corrected chi connectivity index (χ3v) is 4.03. The molecule has 2 aromatic carbocycles. The first kappa shape index (κ1) is 16.2. The van der Waals surface area contributed by atoms with Gasteiger partial charge in [-0.15, -0.1) is 0 Å². The average molecular weight is 296 g/mol. The lowest BCUT2D eigenvalue weighted by Gasteiger charge is -2.27. The molecule has 2 rings (SSSR count). The molecule has 0 saturated carbocycles. The zero-order chi connectivity index (χ0) is 16.2. The van der Waals surface area contributed by atoms with Gasteiger partial charge in [0.25, 0.3) is 0 Å². The molecule has 0 fully saturated rings. The molecule has 0 N–H and O–H groups in total. The summed E-state index contributed by atoms with van der Waals surface area (Å²) in [6.07, 6.45) is 0.895. The molecular formula is C20H24O2. The number of benzene rings is 2. The van der Waals surface area contributed by atoms with Crippen molar-refractivity contribution >= 4 is 5.57 Å². The standard InChI is InChI=1S/C20H24O2/c1-15(16-6-10-18(21-4)11-7-16)14-20(2,3)17-8-12-19(22-5)13-9-17/h6-13H,1,14H2,2-5H3. The summed E-state index contributed by atoms with van der Waals surface area (Å²) in [6, 6.07) is 16.3. The highest BCUT2D eigenvalue weighted by molar-refractivity contribution is 5.65. The zero-order valence-corrected chi connectivity index (χ0v) is 13.8. The Bertz CT molecular complexity index is 622. The molecule has 0 saturated heterocycles. The predicted molar refractivity (Wildman–Crippen MR) is 92.7 cm³/mol. The summed E-state index contributed by atoms with van der Waals surface area (Å²) in [5.41, 5.74) is 3.58. The molecule has 0 radical (unpaired) electrons. The van der Waals surface area contributed by atoms with E-state index in [4.69, 9.17) is 9.47 Å². The van der Waals surface area contributed by atoms with E-state index in [-0.39, 0.29) is 5.41 Å². The number of ether oxygens (including phenoxy) is 2. The SMILES string of the molecule is C=C(CC(C)(C)c1ccc(OC)cc1)c1ccc(OC)cc1. The van der Waals surface area contributed by atoms with Gasteiger partial charge in [-0.2, -0.15) is 0 Å². The van der Waals surface area contributed by atoms with E-state index in [0.717, 1.165) is 29.1 Å². The Hall–Kier alpha value is -2.22. The maximum Gasteiger partial charge on any atom is 0.118 e. The first-order valence-corrected chi connectivity index (χ1v) is 7.43. The summed E-state index contributed by atoms with van der Waals surface area (Å²) in [7, 11) is 3.36.